The fourth-order valence-electron chi connectivity index (χ4n) is 1.84. The van der Waals surface area contributed by atoms with Crippen LogP contribution >= 0.6 is 23.2 Å². The van der Waals surface area contributed by atoms with Crippen molar-refractivity contribution in [3.05, 3.63) is 58.1 Å². The van der Waals surface area contributed by atoms with Gasteiger partial charge in [-0.1, -0.05) is 41.4 Å². The van der Waals surface area contributed by atoms with Gasteiger partial charge in [0.1, 0.15) is 0 Å². The Kier molecular flexibility index (Phi) is 4.78. The number of halogens is 2. The summed E-state index contributed by atoms with van der Waals surface area (Å²) in [5, 5.41) is 10.1. The second kappa shape index (κ2) is 6.23. The Morgan fingerprint density at radius 2 is 1.67 bits per heavy atom. The van der Waals surface area contributed by atoms with Gasteiger partial charge in [-0.25, -0.2) is 8.42 Å². The van der Waals surface area contributed by atoms with Crippen LogP contribution in [0, 0.1) is 0 Å². The van der Waals surface area contributed by atoms with E-state index in [0.717, 1.165) is 0 Å². The van der Waals surface area contributed by atoms with Crippen molar-refractivity contribution in [1.29, 1.82) is 0 Å². The van der Waals surface area contributed by atoms with Crippen LogP contribution in [0.3, 0.4) is 0 Å². The van der Waals surface area contributed by atoms with Crippen molar-refractivity contribution in [3.8, 4) is 0 Å². The summed E-state index contributed by atoms with van der Waals surface area (Å²) in [5.74, 6) is 0. The molecule has 0 aliphatic rings. The Labute approximate surface area is 133 Å². The summed E-state index contributed by atoms with van der Waals surface area (Å²) < 4.78 is 27.2. The second-order valence-electron chi connectivity index (χ2n) is 4.47. The molecule has 0 amide bonds. The first-order valence-electron chi connectivity index (χ1n) is 6.05. The Hall–Kier alpha value is -1.27. The SMILES string of the molecule is CC(O)c1ccccc1NS(=O)(=O)c1cc(Cl)cc(Cl)c1. The zero-order chi connectivity index (χ0) is 15.6. The summed E-state index contributed by atoms with van der Waals surface area (Å²) in [5.41, 5.74) is 0.790. The van der Waals surface area contributed by atoms with Gasteiger partial charge in [-0.05, 0) is 31.2 Å². The minimum atomic E-state index is -3.84. The number of aliphatic hydroxyl groups is 1. The minimum absolute atomic E-state index is 0.0413. The first kappa shape index (κ1) is 16.1. The number of hydrogen-bond acceptors (Lipinski definition) is 3. The highest BCUT2D eigenvalue weighted by atomic mass is 35.5. The summed E-state index contributed by atoms with van der Waals surface area (Å²) >= 11 is 11.6. The van der Waals surface area contributed by atoms with E-state index < -0.39 is 16.1 Å². The summed E-state index contributed by atoms with van der Waals surface area (Å²) in [4.78, 5) is -0.0413. The zero-order valence-electron chi connectivity index (χ0n) is 11.0. The van der Waals surface area contributed by atoms with Gasteiger partial charge in [0.25, 0.3) is 10.0 Å². The van der Waals surface area contributed by atoms with Crippen LogP contribution in [0.15, 0.2) is 47.4 Å². The number of rotatable bonds is 4. The molecule has 2 aromatic carbocycles. The molecule has 21 heavy (non-hydrogen) atoms. The molecule has 0 aliphatic carbocycles. The molecule has 0 heterocycles. The van der Waals surface area contributed by atoms with Crippen LogP contribution in [0.25, 0.3) is 0 Å². The summed E-state index contributed by atoms with van der Waals surface area (Å²) in [6.45, 7) is 1.56. The lowest BCUT2D eigenvalue weighted by Crippen LogP contribution is -2.14. The Morgan fingerprint density at radius 1 is 1.10 bits per heavy atom. The maximum Gasteiger partial charge on any atom is 0.262 e. The Morgan fingerprint density at radius 3 is 2.24 bits per heavy atom. The number of para-hydroxylation sites is 1. The Bertz CT molecular complexity index is 740. The zero-order valence-corrected chi connectivity index (χ0v) is 13.4. The quantitative estimate of drug-likeness (QED) is 0.884. The molecule has 0 saturated heterocycles. The van der Waals surface area contributed by atoms with Crippen molar-refractivity contribution >= 4 is 38.9 Å². The molecule has 4 nitrogen and oxygen atoms in total. The predicted octanol–water partition coefficient (Wildman–Crippen LogP) is 3.85. The topological polar surface area (TPSA) is 66.4 Å². The molecule has 112 valence electrons. The molecule has 0 bridgehead atoms. The van der Waals surface area contributed by atoms with E-state index in [-0.39, 0.29) is 14.9 Å². The van der Waals surface area contributed by atoms with Gasteiger partial charge < -0.3 is 5.11 Å². The molecule has 1 unspecified atom stereocenters. The van der Waals surface area contributed by atoms with E-state index in [4.69, 9.17) is 23.2 Å². The van der Waals surface area contributed by atoms with Gasteiger partial charge in [-0.2, -0.15) is 0 Å². The van der Waals surface area contributed by atoms with Crippen molar-refractivity contribution in [2.24, 2.45) is 0 Å². The molecule has 0 spiro atoms. The van der Waals surface area contributed by atoms with Crippen molar-refractivity contribution < 1.29 is 13.5 Å². The van der Waals surface area contributed by atoms with Gasteiger partial charge in [0.05, 0.1) is 16.7 Å². The molecule has 0 aromatic heterocycles. The summed E-state index contributed by atoms with van der Waals surface area (Å²) in [6, 6.07) is 10.7. The second-order valence-corrected chi connectivity index (χ2v) is 7.03. The van der Waals surface area contributed by atoms with Gasteiger partial charge in [0, 0.05) is 15.6 Å². The molecule has 0 radical (unpaired) electrons. The molecule has 2 N–H and O–H groups in total. The van der Waals surface area contributed by atoms with E-state index in [0.29, 0.717) is 11.3 Å². The van der Waals surface area contributed by atoms with E-state index in [1.807, 2.05) is 0 Å². The molecule has 2 aromatic rings. The van der Waals surface area contributed by atoms with E-state index in [2.05, 4.69) is 4.72 Å². The predicted molar refractivity (Wildman–Crippen MR) is 84.3 cm³/mol. The smallest absolute Gasteiger partial charge is 0.262 e. The third-order valence-electron chi connectivity index (χ3n) is 2.80. The fourth-order valence-corrected chi connectivity index (χ4v) is 3.65. The monoisotopic (exact) mass is 345 g/mol. The lowest BCUT2D eigenvalue weighted by molar-refractivity contribution is 0.200. The van der Waals surface area contributed by atoms with Gasteiger partial charge >= 0.3 is 0 Å². The average molecular weight is 346 g/mol. The first-order chi connectivity index (χ1) is 9.79. The number of hydrogen-bond donors (Lipinski definition) is 2. The third-order valence-corrected chi connectivity index (χ3v) is 4.58. The number of aliphatic hydroxyl groups excluding tert-OH is 1. The third kappa shape index (κ3) is 3.89. The van der Waals surface area contributed by atoms with Gasteiger partial charge in [0.2, 0.25) is 0 Å². The normalized spacial score (nSPS) is 13.0. The van der Waals surface area contributed by atoms with Crippen LogP contribution in [0.4, 0.5) is 5.69 Å². The van der Waals surface area contributed by atoms with Gasteiger partial charge in [-0.3, -0.25) is 4.72 Å². The maximum atomic E-state index is 12.4. The lowest BCUT2D eigenvalue weighted by atomic mass is 10.1. The largest absolute Gasteiger partial charge is 0.389 e. The van der Waals surface area contributed by atoms with Crippen LogP contribution in [0.5, 0.6) is 0 Å². The van der Waals surface area contributed by atoms with Crippen molar-refractivity contribution in [2.75, 3.05) is 4.72 Å². The minimum Gasteiger partial charge on any atom is -0.389 e. The molecular formula is C14H13Cl2NO3S. The lowest BCUT2D eigenvalue weighted by Gasteiger charge is -2.14. The fraction of sp³-hybridized carbons (Fsp3) is 0.143. The van der Waals surface area contributed by atoms with Crippen LogP contribution in [-0.4, -0.2) is 13.5 Å². The van der Waals surface area contributed by atoms with Gasteiger partial charge in [0.15, 0.2) is 0 Å². The molecule has 1 atom stereocenters. The van der Waals surface area contributed by atoms with Crippen LogP contribution < -0.4 is 4.72 Å². The number of sulfonamides is 1. The van der Waals surface area contributed by atoms with Crippen molar-refractivity contribution in [1.82, 2.24) is 0 Å². The Balaban J connectivity index is 2.42. The van der Waals surface area contributed by atoms with E-state index in [1.165, 1.54) is 18.2 Å². The number of benzene rings is 2. The van der Waals surface area contributed by atoms with Crippen molar-refractivity contribution in [2.45, 2.75) is 17.9 Å². The number of nitrogens with one attached hydrogen (secondary N) is 1. The maximum absolute atomic E-state index is 12.4. The van der Waals surface area contributed by atoms with Crippen LogP contribution in [-0.2, 0) is 10.0 Å². The van der Waals surface area contributed by atoms with Gasteiger partial charge in [-0.15, -0.1) is 0 Å². The highest BCUT2D eigenvalue weighted by Gasteiger charge is 2.18. The summed E-state index contributed by atoms with van der Waals surface area (Å²) in [6.07, 6.45) is -0.799. The van der Waals surface area contributed by atoms with E-state index >= 15 is 0 Å². The molecule has 0 saturated carbocycles. The number of anilines is 1. The van der Waals surface area contributed by atoms with Crippen LogP contribution in [0.1, 0.15) is 18.6 Å². The molecule has 0 aliphatic heterocycles. The summed E-state index contributed by atoms with van der Waals surface area (Å²) in [7, 11) is -3.84. The van der Waals surface area contributed by atoms with E-state index in [1.54, 1.807) is 31.2 Å². The first-order valence-corrected chi connectivity index (χ1v) is 8.29. The molecular weight excluding hydrogens is 333 g/mol. The highest BCUT2D eigenvalue weighted by molar-refractivity contribution is 7.92. The average Bonchev–Trinajstić information content (AvgIpc) is 2.37. The van der Waals surface area contributed by atoms with Crippen molar-refractivity contribution in [3.63, 3.8) is 0 Å². The van der Waals surface area contributed by atoms with Crippen LogP contribution in [0.2, 0.25) is 10.0 Å². The molecule has 7 heteroatoms. The molecule has 0 fully saturated rings. The molecule has 2 rings (SSSR count). The van der Waals surface area contributed by atoms with E-state index in [9.17, 15) is 13.5 Å². The highest BCUT2D eigenvalue weighted by Crippen LogP contribution is 2.27. The standard InChI is InChI=1S/C14H13Cl2NO3S/c1-9(18)13-4-2-3-5-14(13)17-21(19,20)12-7-10(15)6-11(16)8-12/h2-9,17-18H,1H3.